The van der Waals surface area contributed by atoms with Gasteiger partial charge in [0, 0.05) is 31.7 Å². The molecule has 0 saturated carbocycles. The first-order valence-corrected chi connectivity index (χ1v) is 10.8. The smallest absolute Gasteiger partial charge is 0.293 e. The van der Waals surface area contributed by atoms with E-state index in [1.54, 1.807) is 40.1 Å². The molecular weight excluding hydrogens is 427 g/mol. The van der Waals surface area contributed by atoms with Crippen LogP contribution in [-0.4, -0.2) is 74.1 Å². The SMILES string of the molecule is CCCC1CN(C(=O)c2ncn(-c3cccc(F)c3)n2)CCN1C(=O)c1cccc(OC)n1. The second kappa shape index (κ2) is 9.76. The molecule has 3 heterocycles. The number of carbonyl (C=O) groups excluding carboxylic acids is 2. The van der Waals surface area contributed by atoms with Crippen molar-refractivity contribution in [2.24, 2.45) is 0 Å². The molecule has 1 aliphatic rings. The Morgan fingerprint density at radius 3 is 2.73 bits per heavy atom. The van der Waals surface area contributed by atoms with Gasteiger partial charge in [-0.05, 0) is 30.7 Å². The summed E-state index contributed by atoms with van der Waals surface area (Å²) in [6, 6.07) is 10.8. The molecule has 1 fully saturated rings. The summed E-state index contributed by atoms with van der Waals surface area (Å²) in [6.45, 7) is 3.13. The number of halogens is 1. The third kappa shape index (κ3) is 4.84. The molecule has 1 aliphatic heterocycles. The van der Waals surface area contributed by atoms with E-state index in [2.05, 4.69) is 15.1 Å². The first kappa shape index (κ1) is 22.4. The van der Waals surface area contributed by atoms with Gasteiger partial charge >= 0.3 is 0 Å². The lowest BCUT2D eigenvalue weighted by molar-refractivity contribution is 0.0361. The minimum absolute atomic E-state index is 0.0312. The van der Waals surface area contributed by atoms with Crippen LogP contribution < -0.4 is 4.74 Å². The largest absolute Gasteiger partial charge is 0.481 e. The molecule has 0 bridgehead atoms. The Kier molecular flexibility index (Phi) is 6.62. The number of rotatable bonds is 6. The van der Waals surface area contributed by atoms with Gasteiger partial charge in [0.15, 0.2) is 0 Å². The Hall–Kier alpha value is -3.82. The number of aromatic nitrogens is 4. The number of amides is 2. The standard InChI is InChI=1S/C23H25FN6O3/c1-3-6-18-14-28(11-12-29(18)22(31)19-9-5-10-20(26-19)33-2)23(32)21-25-15-30(27-21)17-8-4-7-16(24)13-17/h4-5,7-10,13,15,18H,3,6,11-12,14H2,1-2H3. The Labute approximate surface area is 190 Å². The van der Waals surface area contributed by atoms with Crippen LogP contribution in [0.5, 0.6) is 5.88 Å². The van der Waals surface area contributed by atoms with Gasteiger partial charge in [-0.1, -0.05) is 25.5 Å². The molecule has 1 aromatic carbocycles. The van der Waals surface area contributed by atoms with Crippen molar-refractivity contribution in [1.29, 1.82) is 0 Å². The molecule has 9 nitrogen and oxygen atoms in total. The molecule has 10 heteroatoms. The summed E-state index contributed by atoms with van der Waals surface area (Å²) in [7, 11) is 1.50. The van der Waals surface area contributed by atoms with Crippen LogP contribution >= 0.6 is 0 Å². The van der Waals surface area contributed by atoms with Crippen molar-refractivity contribution in [3.63, 3.8) is 0 Å². The average Bonchev–Trinajstić information content (AvgIpc) is 3.34. The molecule has 3 aromatic rings. The summed E-state index contributed by atoms with van der Waals surface area (Å²) in [6.07, 6.45) is 2.99. The van der Waals surface area contributed by atoms with Gasteiger partial charge in [-0.3, -0.25) is 9.59 Å². The summed E-state index contributed by atoms with van der Waals surface area (Å²) in [5.41, 5.74) is 0.789. The minimum Gasteiger partial charge on any atom is -0.481 e. The fourth-order valence-electron chi connectivity index (χ4n) is 3.93. The zero-order chi connectivity index (χ0) is 23.4. The van der Waals surface area contributed by atoms with Gasteiger partial charge in [0.25, 0.3) is 11.8 Å². The number of pyridine rings is 1. The van der Waals surface area contributed by atoms with Crippen molar-refractivity contribution in [3.8, 4) is 11.6 Å². The fraction of sp³-hybridized carbons (Fsp3) is 0.348. The lowest BCUT2D eigenvalue weighted by atomic mass is 10.1. The van der Waals surface area contributed by atoms with E-state index in [1.165, 1.54) is 30.3 Å². The average molecular weight is 452 g/mol. The molecule has 1 saturated heterocycles. The van der Waals surface area contributed by atoms with Crippen molar-refractivity contribution in [2.75, 3.05) is 26.7 Å². The van der Waals surface area contributed by atoms with Crippen molar-refractivity contribution < 1.29 is 18.7 Å². The molecule has 1 atom stereocenters. The fourth-order valence-corrected chi connectivity index (χ4v) is 3.93. The monoisotopic (exact) mass is 452 g/mol. The quantitative estimate of drug-likeness (QED) is 0.571. The summed E-state index contributed by atoms with van der Waals surface area (Å²) in [4.78, 5) is 38.0. The maximum absolute atomic E-state index is 13.5. The third-order valence-electron chi connectivity index (χ3n) is 5.56. The number of nitrogens with zero attached hydrogens (tertiary/aromatic N) is 6. The summed E-state index contributed by atoms with van der Waals surface area (Å²) >= 11 is 0. The normalized spacial score (nSPS) is 16.0. The molecule has 172 valence electrons. The zero-order valence-electron chi connectivity index (χ0n) is 18.5. The Bertz CT molecular complexity index is 1150. The first-order valence-electron chi connectivity index (χ1n) is 10.8. The third-order valence-corrected chi connectivity index (χ3v) is 5.56. The molecule has 2 amide bonds. The van der Waals surface area contributed by atoms with E-state index in [4.69, 9.17) is 4.74 Å². The molecule has 1 unspecified atom stereocenters. The second-order valence-electron chi connectivity index (χ2n) is 7.75. The lowest BCUT2D eigenvalue weighted by Gasteiger charge is -2.41. The predicted molar refractivity (Wildman–Crippen MR) is 118 cm³/mol. The van der Waals surface area contributed by atoms with Gasteiger partial charge in [0.05, 0.1) is 12.8 Å². The number of piperazine rings is 1. The van der Waals surface area contributed by atoms with Crippen LogP contribution in [0.4, 0.5) is 4.39 Å². The first-order chi connectivity index (χ1) is 16.0. The van der Waals surface area contributed by atoms with Crippen molar-refractivity contribution in [2.45, 2.75) is 25.8 Å². The number of benzene rings is 1. The van der Waals surface area contributed by atoms with Gasteiger partial charge < -0.3 is 14.5 Å². The van der Waals surface area contributed by atoms with Gasteiger partial charge in [0.2, 0.25) is 11.7 Å². The summed E-state index contributed by atoms with van der Waals surface area (Å²) in [5, 5.41) is 4.23. The van der Waals surface area contributed by atoms with Gasteiger partial charge in [-0.2, -0.15) is 0 Å². The molecule has 0 aliphatic carbocycles. The van der Waals surface area contributed by atoms with Gasteiger partial charge in [-0.25, -0.2) is 19.0 Å². The zero-order valence-corrected chi connectivity index (χ0v) is 18.5. The highest BCUT2D eigenvalue weighted by Crippen LogP contribution is 2.20. The topological polar surface area (TPSA) is 93.5 Å². The minimum atomic E-state index is -0.399. The van der Waals surface area contributed by atoms with E-state index in [0.29, 0.717) is 36.9 Å². The molecule has 4 rings (SSSR count). The number of hydrogen-bond acceptors (Lipinski definition) is 6. The Morgan fingerprint density at radius 2 is 1.97 bits per heavy atom. The van der Waals surface area contributed by atoms with Crippen LogP contribution in [0.2, 0.25) is 0 Å². The molecule has 33 heavy (non-hydrogen) atoms. The van der Waals surface area contributed by atoms with E-state index in [0.717, 1.165) is 12.8 Å². The highest BCUT2D eigenvalue weighted by atomic mass is 19.1. The number of methoxy groups -OCH3 is 1. The van der Waals surface area contributed by atoms with E-state index in [9.17, 15) is 14.0 Å². The molecular formula is C23H25FN6O3. The van der Waals surface area contributed by atoms with Crippen LogP contribution in [-0.2, 0) is 0 Å². The molecule has 2 aromatic heterocycles. The van der Waals surface area contributed by atoms with E-state index < -0.39 is 5.82 Å². The van der Waals surface area contributed by atoms with Crippen LogP contribution in [0.3, 0.4) is 0 Å². The van der Waals surface area contributed by atoms with Gasteiger partial charge in [-0.15, -0.1) is 5.10 Å². The Morgan fingerprint density at radius 1 is 1.15 bits per heavy atom. The highest BCUT2D eigenvalue weighted by Gasteiger charge is 2.34. The number of carbonyl (C=O) groups is 2. The maximum atomic E-state index is 13.5. The molecule has 0 radical (unpaired) electrons. The molecule has 0 spiro atoms. The van der Waals surface area contributed by atoms with Crippen molar-refractivity contribution >= 4 is 11.8 Å². The highest BCUT2D eigenvalue weighted by molar-refractivity contribution is 5.93. The predicted octanol–water partition coefficient (Wildman–Crippen LogP) is 2.58. The van der Waals surface area contributed by atoms with E-state index >= 15 is 0 Å². The van der Waals surface area contributed by atoms with E-state index in [1.807, 2.05) is 6.92 Å². The van der Waals surface area contributed by atoms with Crippen molar-refractivity contribution in [1.82, 2.24) is 29.5 Å². The van der Waals surface area contributed by atoms with Gasteiger partial charge in [0.1, 0.15) is 17.8 Å². The number of ether oxygens (including phenoxy) is 1. The number of hydrogen-bond donors (Lipinski definition) is 0. The van der Waals surface area contributed by atoms with Crippen LogP contribution in [0.1, 0.15) is 40.9 Å². The lowest BCUT2D eigenvalue weighted by Crippen LogP contribution is -2.56. The van der Waals surface area contributed by atoms with Crippen LogP contribution in [0.15, 0.2) is 48.8 Å². The maximum Gasteiger partial charge on any atom is 0.293 e. The Balaban J connectivity index is 1.49. The molecule has 0 N–H and O–H groups in total. The summed E-state index contributed by atoms with van der Waals surface area (Å²) < 4.78 is 20.0. The summed E-state index contributed by atoms with van der Waals surface area (Å²) in [5.74, 6) is -0.499. The second-order valence-corrected chi connectivity index (χ2v) is 7.75. The van der Waals surface area contributed by atoms with E-state index in [-0.39, 0.29) is 23.7 Å². The van der Waals surface area contributed by atoms with Crippen LogP contribution in [0.25, 0.3) is 5.69 Å². The van der Waals surface area contributed by atoms with Crippen molar-refractivity contribution in [3.05, 3.63) is 66.1 Å². The van der Waals surface area contributed by atoms with Crippen LogP contribution in [0, 0.1) is 5.82 Å².